The van der Waals surface area contributed by atoms with Gasteiger partial charge < -0.3 is 10.6 Å². The van der Waals surface area contributed by atoms with Crippen molar-refractivity contribution in [3.05, 3.63) is 59.7 Å². The molecule has 110 valence electrons. The number of nitrogens with two attached hydrogens (primary N) is 1. The summed E-state index contributed by atoms with van der Waals surface area (Å²) in [5.41, 5.74) is 6.13. The van der Waals surface area contributed by atoms with Crippen molar-refractivity contribution in [2.45, 2.75) is 6.18 Å². The molecule has 2 N–H and O–H groups in total. The van der Waals surface area contributed by atoms with Crippen molar-refractivity contribution in [2.24, 2.45) is 0 Å². The molecule has 0 fully saturated rings. The lowest BCUT2D eigenvalue weighted by atomic mass is 10.1. The summed E-state index contributed by atoms with van der Waals surface area (Å²) in [7, 11) is 1.55. The maximum Gasteiger partial charge on any atom is 0.416 e. The van der Waals surface area contributed by atoms with Crippen LogP contribution in [0.1, 0.15) is 15.9 Å². The minimum absolute atomic E-state index is 0.183. The summed E-state index contributed by atoms with van der Waals surface area (Å²) in [4.78, 5) is 13.6. The molecule has 0 spiro atoms. The summed E-state index contributed by atoms with van der Waals surface area (Å²) >= 11 is 0. The van der Waals surface area contributed by atoms with E-state index in [-0.39, 0.29) is 5.56 Å². The number of carbonyl (C=O) groups is 1. The second kappa shape index (κ2) is 5.47. The van der Waals surface area contributed by atoms with Gasteiger partial charge in [0.25, 0.3) is 5.91 Å². The average molecular weight is 294 g/mol. The van der Waals surface area contributed by atoms with Crippen LogP contribution in [0.5, 0.6) is 0 Å². The molecule has 2 aromatic carbocycles. The van der Waals surface area contributed by atoms with E-state index < -0.39 is 17.6 Å². The van der Waals surface area contributed by atoms with E-state index in [0.29, 0.717) is 11.4 Å². The molecule has 2 rings (SSSR count). The molecule has 0 radical (unpaired) electrons. The Kier molecular flexibility index (Phi) is 3.88. The maximum atomic E-state index is 12.5. The highest BCUT2D eigenvalue weighted by Gasteiger charge is 2.30. The lowest BCUT2D eigenvalue weighted by molar-refractivity contribution is -0.137. The summed E-state index contributed by atoms with van der Waals surface area (Å²) in [5, 5.41) is 0. The van der Waals surface area contributed by atoms with E-state index in [1.54, 1.807) is 31.3 Å². The van der Waals surface area contributed by atoms with Crippen molar-refractivity contribution in [2.75, 3.05) is 17.7 Å². The van der Waals surface area contributed by atoms with Crippen LogP contribution in [0.2, 0.25) is 0 Å². The first-order valence-electron chi connectivity index (χ1n) is 6.10. The molecule has 0 saturated carbocycles. The second-order valence-corrected chi connectivity index (χ2v) is 4.53. The van der Waals surface area contributed by atoms with Crippen LogP contribution in [-0.4, -0.2) is 13.0 Å². The molecular formula is C15H13F3N2O. The van der Waals surface area contributed by atoms with Gasteiger partial charge in [-0.2, -0.15) is 13.2 Å². The molecule has 0 atom stereocenters. The normalized spacial score (nSPS) is 11.2. The predicted molar refractivity (Wildman–Crippen MR) is 75.0 cm³/mol. The summed E-state index contributed by atoms with van der Waals surface area (Å²) in [6.45, 7) is 0. The molecule has 0 aromatic heterocycles. The largest absolute Gasteiger partial charge is 0.416 e. The highest BCUT2D eigenvalue weighted by molar-refractivity contribution is 6.05. The zero-order valence-corrected chi connectivity index (χ0v) is 11.2. The first-order chi connectivity index (χ1) is 9.79. The number of amides is 1. The van der Waals surface area contributed by atoms with E-state index in [0.717, 1.165) is 12.1 Å². The third-order valence-corrected chi connectivity index (χ3v) is 3.04. The van der Waals surface area contributed by atoms with E-state index in [2.05, 4.69) is 0 Å². The Bertz CT molecular complexity index is 633. The van der Waals surface area contributed by atoms with Crippen molar-refractivity contribution in [3.63, 3.8) is 0 Å². The van der Waals surface area contributed by atoms with Crippen molar-refractivity contribution in [3.8, 4) is 0 Å². The molecule has 0 aliphatic heterocycles. The van der Waals surface area contributed by atoms with Crippen molar-refractivity contribution in [1.29, 1.82) is 0 Å². The molecule has 0 bridgehead atoms. The Morgan fingerprint density at radius 2 is 1.52 bits per heavy atom. The van der Waals surface area contributed by atoms with Crippen LogP contribution < -0.4 is 10.6 Å². The number of benzene rings is 2. The number of hydrogen-bond acceptors (Lipinski definition) is 2. The number of anilines is 2. The van der Waals surface area contributed by atoms with E-state index in [1.165, 1.54) is 17.0 Å². The van der Waals surface area contributed by atoms with Crippen LogP contribution in [0.4, 0.5) is 24.5 Å². The van der Waals surface area contributed by atoms with Crippen LogP contribution >= 0.6 is 0 Å². The fraction of sp³-hybridized carbons (Fsp3) is 0.133. The molecule has 0 unspecified atom stereocenters. The van der Waals surface area contributed by atoms with Gasteiger partial charge in [-0.15, -0.1) is 0 Å². The van der Waals surface area contributed by atoms with Crippen LogP contribution in [-0.2, 0) is 6.18 Å². The van der Waals surface area contributed by atoms with Gasteiger partial charge in [-0.1, -0.05) is 0 Å². The predicted octanol–water partition coefficient (Wildman–Crippen LogP) is 3.56. The topological polar surface area (TPSA) is 46.3 Å². The van der Waals surface area contributed by atoms with Crippen LogP contribution in [0.3, 0.4) is 0 Å². The van der Waals surface area contributed by atoms with Crippen molar-refractivity contribution < 1.29 is 18.0 Å². The zero-order chi connectivity index (χ0) is 15.6. The Labute approximate surface area is 119 Å². The Morgan fingerprint density at radius 1 is 1.00 bits per heavy atom. The monoisotopic (exact) mass is 294 g/mol. The second-order valence-electron chi connectivity index (χ2n) is 4.53. The standard InChI is InChI=1S/C15H13F3N2O/c1-20(13-8-6-12(19)7-9-13)14(21)10-2-4-11(5-3-10)15(16,17)18/h2-9H,19H2,1H3. The molecular weight excluding hydrogens is 281 g/mol. The fourth-order valence-corrected chi connectivity index (χ4v) is 1.81. The molecule has 1 amide bonds. The van der Waals surface area contributed by atoms with Crippen LogP contribution in [0, 0.1) is 0 Å². The number of nitrogen functional groups attached to an aromatic ring is 1. The third-order valence-electron chi connectivity index (χ3n) is 3.04. The van der Waals surface area contributed by atoms with Gasteiger partial charge in [0, 0.05) is 24.0 Å². The lowest BCUT2D eigenvalue weighted by Gasteiger charge is -2.18. The Morgan fingerprint density at radius 3 is 2.00 bits per heavy atom. The molecule has 6 heteroatoms. The molecule has 3 nitrogen and oxygen atoms in total. The zero-order valence-electron chi connectivity index (χ0n) is 11.2. The van der Waals surface area contributed by atoms with Gasteiger partial charge in [0.2, 0.25) is 0 Å². The van der Waals surface area contributed by atoms with Gasteiger partial charge in [0.15, 0.2) is 0 Å². The highest BCUT2D eigenvalue weighted by Crippen LogP contribution is 2.29. The fourth-order valence-electron chi connectivity index (χ4n) is 1.81. The van der Waals surface area contributed by atoms with Crippen molar-refractivity contribution in [1.82, 2.24) is 0 Å². The number of alkyl halides is 3. The number of nitrogens with zero attached hydrogens (tertiary/aromatic N) is 1. The number of carbonyl (C=O) groups excluding carboxylic acids is 1. The van der Waals surface area contributed by atoms with Gasteiger partial charge in [-0.05, 0) is 48.5 Å². The maximum absolute atomic E-state index is 12.5. The van der Waals surface area contributed by atoms with Crippen LogP contribution in [0.25, 0.3) is 0 Å². The van der Waals surface area contributed by atoms with Gasteiger partial charge >= 0.3 is 6.18 Å². The van der Waals surface area contributed by atoms with Gasteiger partial charge in [0.05, 0.1) is 5.56 Å². The number of rotatable bonds is 2. The molecule has 2 aromatic rings. The van der Waals surface area contributed by atoms with Gasteiger partial charge in [-0.3, -0.25) is 4.79 Å². The smallest absolute Gasteiger partial charge is 0.399 e. The third kappa shape index (κ3) is 3.34. The minimum atomic E-state index is -4.41. The quantitative estimate of drug-likeness (QED) is 0.861. The van der Waals surface area contributed by atoms with E-state index in [9.17, 15) is 18.0 Å². The first kappa shape index (κ1) is 14.9. The first-order valence-corrected chi connectivity index (χ1v) is 6.10. The van der Waals surface area contributed by atoms with E-state index >= 15 is 0 Å². The van der Waals surface area contributed by atoms with E-state index in [1.807, 2.05) is 0 Å². The average Bonchev–Trinajstić information content (AvgIpc) is 2.46. The summed E-state index contributed by atoms with van der Waals surface area (Å²) in [5.74, 6) is -0.395. The number of hydrogen-bond donors (Lipinski definition) is 1. The molecule has 21 heavy (non-hydrogen) atoms. The summed E-state index contributed by atoms with van der Waals surface area (Å²) in [6.07, 6.45) is -4.41. The summed E-state index contributed by atoms with van der Waals surface area (Å²) < 4.78 is 37.4. The molecule has 0 saturated heterocycles. The minimum Gasteiger partial charge on any atom is -0.399 e. The Balaban J connectivity index is 2.21. The SMILES string of the molecule is CN(C(=O)c1ccc(C(F)(F)F)cc1)c1ccc(N)cc1. The van der Waals surface area contributed by atoms with Gasteiger partial charge in [0.1, 0.15) is 0 Å². The Hall–Kier alpha value is -2.50. The lowest BCUT2D eigenvalue weighted by Crippen LogP contribution is -2.26. The molecule has 0 aliphatic rings. The number of halogens is 3. The van der Waals surface area contributed by atoms with Gasteiger partial charge in [-0.25, -0.2) is 0 Å². The highest BCUT2D eigenvalue weighted by atomic mass is 19.4. The summed E-state index contributed by atoms with van der Waals surface area (Å²) in [6, 6.07) is 10.7. The molecule has 0 aliphatic carbocycles. The molecule has 0 heterocycles. The van der Waals surface area contributed by atoms with E-state index in [4.69, 9.17) is 5.73 Å². The van der Waals surface area contributed by atoms with Crippen LogP contribution in [0.15, 0.2) is 48.5 Å². The van der Waals surface area contributed by atoms with Crippen molar-refractivity contribution >= 4 is 17.3 Å².